The number of ketones is 1. The zero-order valence-electron chi connectivity index (χ0n) is 4.29. The molecule has 0 heterocycles. The Labute approximate surface area is 46.7 Å². The van der Waals surface area contributed by atoms with Gasteiger partial charge in [-0.3, -0.25) is 4.79 Å². The van der Waals surface area contributed by atoms with Crippen molar-refractivity contribution >= 4 is 13.4 Å². The zero-order chi connectivity index (χ0) is 6.78. The van der Waals surface area contributed by atoms with E-state index in [1.165, 1.54) is 0 Å². The number of hydrogen-bond acceptors (Lipinski definition) is 4. The first kappa shape index (κ1) is 7.82. The second-order valence-electron chi connectivity index (χ2n) is 1.47. The third kappa shape index (κ3) is 5.82. The normalized spacial score (nSPS) is 11.4. The summed E-state index contributed by atoms with van der Waals surface area (Å²) in [6.45, 7) is 1.06. The van der Waals surface area contributed by atoms with Crippen LogP contribution in [0.2, 0.25) is 0 Å². The highest BCUT2D eigenvalue weighted by Crippen LogP contribution is 2.21. The average Bonchev–Trinajstić information content (AvgIpc) is 1.21. The number of carbonyl (C=O) groups excluding carboxylic acids is 1. The molecule has 0 saturated carbocycles. The van der Waals surface area contributed by atoms with Gasteiger partial charge in [-0.25, -0.2) is 0 Å². The highest BCUT2D eigenvalue weighted by molar-refractivity contribution is 7.49. The van der Waals surface area contributed by atoms with Crippen molar-refractivity contribution in [2.75, 3.05) is 6.16 Å². The molecule has 0 N–H and O–H groups in total. The Morgan fingerprint density at radius 1 is 1.62 bits per heavy atom. The van der Waals surface area contributed by atoms with Crippen LogP contribution in [0.1, 0.15) is 6.92 Å². The predicted molar refractivity (Wildman–Crippen MR) is 23.2 cm³/mol. The van der Waals surface area contributed by atoms with Crippen LogP contribution in [0.3, 0.4) is 0 Å². The molecule has 0 aliphatic heterocycles. The quantitative estimate of drug-likeness (QED) is 0.432. The fraction of sp³-hybridized carbons (Fsp3) is 0.667. The van der Waals surface area contributed by atoms with Gasteiger partial charge in [0.2, 0.25) is 0 Å². The van der Waals surface area contributed by atoms with Gasteiger partial charge in [0.05, 0.1) is 0 Å². The maximum atomic E-state index is 9.89. The van der Waals surface area contributed by atoms with Crippen molar-refractivity contribution in [3.8, 4) is 0 Å². The fourth-order valence-electron chi connectivity index (χ4n) is 0.273. The molecule has 0 aromatic rings. The van der Waals surface area contributed by atoms with Crippen LogP contribution in [0.5, 0.6) is 0 Å². The first-order valence-corrected chi connectivity index (χ1v) is 3.65. The smallest absolute Gasteiger partial charge is 0.134 e. The van der Waals surface area contributed by atoms with Gasteiger partial charge in [-0.15, -0.1) is 0 Å². The average molecular weight is 136 g/mol. The lowest BCUT2D eigenvalue weighted by molar-refractivity contribution is -0.312. The van der Waals surface area contributed by atoms with Crippen molar-refractivity contribution in [2.45, 2.75) is 6.92 Å². The van der Waals surface area contributed by atoms with Crippen LogP contribution in [0.25, 0.3) is 0 Å². The number of carbonyl (C=O) groups is 1. The number of hydrogen-bond donors (Lipinski definition) is 0. The molecule has 0 fully saturated rings. The molecule has 0 radical (unpaired) electrons. The van der Waals surface area contributed by atoms with Crippen LogP contribution in [-0.4, -0.2) is 11.9 Å². The van der Waals surface area contributed by atoms with Crippen molar-refractivity contribution in [1.82, 2.24) is 0 Å². The summed E-state index contributed by atoms with van der Waals surface area (Å²) in [6, 6.07) is 0. The Bertz CT molecular complexity index is 134. The van der Waals surface area contributed by atoms with Gasteiger partial charge < -0.3 is 14.4 Å². The molecule has 0 atom stereocenters. The summed E-state index contributed by atoms with van der Waals surface area (Å²) in [5.74, 6) is -0.613. The van der Waals surface area contributed by atoms with Gasteiger partial charge >= 0.3 is 0 Å². The Hall–Kier alpha value is -0.180. The monoisotopic (exact) mass is 136 g/mol. The molecular weight excluding hydrogens is 131 g/mol. The third-order valence-corrected chi connectivity index (χ3v) is 1.25. The molecule has 0 bridgehead atoms. The molecule has 8 heavy (non-hydrogen) atoms. The largest absolute Gasteiger partial charge is 0.810 e. The van der Waals surface area contributed by atoms with Gasteiger partial charge in [0.15, 0.2) is 0 Å². The topological polar surface area (TPSA) is 80.3 Å². The standard InChI is InChI=1S/C3H7O4P/c1-3(4)2-8(5,6)7/h2H2,1H3,(H2,5,6,7)/p-2. The predicted octanol–water partition coefficient (Wildman–Crippen LogP) is -1.51. The molecule has 48 valence electrons. The molecule has 0 spiro atoms. The lowest BCUT2D eigenvalue weighted by Gasteiger charge is -2.27. The van der Waals surface area contributed by atoms with Gasteiger partial charge in [0.25, 0.3) is 0 Å². The fourth-order valence-corrected chi connectivity index (χ4v) is 0.818. The lowest BCUT2D eigenvalue weighted by atomic mass is 10.5. The van der Waals surface area contributed by atoms with E-state index in [4.69, 9.17) is 0 Å². The van der Waals surface area contributed by atoms with Crippen LogP contribution in [-0.2, 0) is 9.36 Å². The van der Waals surface area contributed by atoms with Gasteiger partial charge in [0, 0.05) is 6.16 Å². The number of rotatable bonds is 2. The van der Waals surface area contributed by atoms with Crippen molar-refractivity contribution < 1.29 is 19.1 Å². The summed E-state index contributed by atoms with van der Waals surface area (Å²) in [7, 11) is -4.57. The van der Waals surface area contributed by atoms with Gasteiger partial charge in [-0.05, 0) is 6.92 Å². The molecule has 0 aliphatic rings. The van der Waals surface area contributed by atoms with Gasteiger partial charge in [-0.2, -0.15) is 0 Å². The summed E-state index contributed by atoms with van der Waals surface area (Å²) in [5.41, 5.74) is 0. The van der Waals surface area contributed by atoms with Crippen molar-refractivity contribution in [3.05, 3.63) is 0 Å². The SMILES string of the molecule is CC(=O)CP(=O)([O-])[O-]. The first-order valence-electron chi connectivity index (χ1n) is 1.92. The minimum absolute atomic E-state index is 0.613. The van der Waals surface area contributed by atoms with Gasteiger partial charge in [0.1, 0.15) is 5.78 Å². The lowest BCUT2D eigenvalue weighted by Crippen LogP contribution is -2.20. The van der Waals surface area contributed by atoms with Crippen LogP contribution < -0.4 is 9.79 Å². The minimum atomic E-state index is -4.57. The van der Waals surface area contributed by atoms with E-state index >= 15 is 0 Å². The highest BCUT2D eigenvalue weighted by atomic mass is 31.2. The van der Waals surface area contributed by atoms with Crippen molar-refractivity contribution in [3.63, 3.8) is 0 Å². The number of Topliss-reactive ketones (excluding diaryl/α,β-unsaturated/α-hetero) is 1. The first-order chi connectivity index (χ1) is 3.42. The van der Waals surface area contributed by atoms with E-state index < -0.39 is 19.5 Å². The molecule has 0 rings (SSSR count). The van der Waals surface area contributed by atoms with E-state index in [-0.39, 0.29) is 0 Å². The summed E-state index contributed by atoms with van der Waals surface area (Å²) < 4.78 is 9.69. The molecule has 0 saturated heterocycles. The molecule has 0 aromatic heterocycles. The van der Waals surface area contributed by atoms with Crippen LogP contribution in [0.4, 0.5) is 0 Å². The van der Waals surface area contributed by atoms with E-state index in [2.05, 4.69) is 0 Å². The van der Waals surface area contributed by atoms with E-state index in [9.17, 15) is 19.1 Å². The van der Waals surface area contributed by atoms with Crippen molar-refractivity contribution in [1.29, 1.82) is 0 Å². The molecule has 5 heteroatoms. The molecule has 0 amide bonds. The summed E-state index contributed by atoms with van der Waals surface area (Å²) in [4.78, 5) is 29.3. The Morgan fingerprint density at radius 2 is 2.00 bits per heavy atom. The Kier molecular flexibility index (Phi) is 2.34. The van der Waals surface area contributed by atoms with Crippen LogP contribution >= 0.6 is 7.60 Å². The molecule has 0 aliphatic carbocycles. The summed E-state index contributed by atoms with van der Waals surface area (Å²) >= 11 is 0. The second kappa shape index (κ2) is 2.40. The maximum Gasteiger partial charge on any atom is 0.134 e. The highest BCUT2D eigenvalue weighted by Gasteiger charge is 1.94. The van der Waals surface area contributed by atoms with E-state index in [0.29, 0.717) is 0 Å². The molecular formula is C3H5O4P-2. The van der Waals surface area contributed by atoms with Crippen molar-refractivity contribution in [2.24, 2.45) is 0 Å². The summed E-state index contributed by atoms with van der Waals surface area (Å²) in [6.07, 6.45) is -0.868. The maximum absolute atomic E-state index is 9.89. The zero-order valence-corrected chi connectivity index (χ0v) is 5.18. The van der Waals surface area contributed by atoms with E-state index in [1.54, 1.807) is 0 Å². The van der Waals surface area contributed by atoms with Crippen LogP contribution in [0, 0.1) is 0 Å². The van der Waals surface area contributed by atoms with Crippen LogP contribution in [0.15, 0.2) is 0 Å². The molecule has 4 nitrogen and oxygen atoms in total. The molecule has 0 aromatic carbocycles. The Morgan fingerprint density at radius 3 is 2.00 bits per heavy atom. The second-order valence-corrected chi connectivity index (χ2v) is 3.01. The van der Waals surface area contributed by atoms with E-state index in [1.807, 2.05) is 0 Å². The Balaban J connectivity index is 3.74. The minimum Gasteiger partial charge on any atom is -0.810 e. The van der Waals surface area contributed by atoms with Gasteiger partial charge in [-0.1, -0.05) is 7.60 Å². The third-order valence-electron chi connectivity index (χ3n) is 0.416. The molecule has 0 unspecified atom stereocenters. The van der Waals surface area contributed by atoms with E-state index in [0.717, 1.165) is 6.92 Å². The summed E-state index contributed by atoms with van der Waals surface area (Å²) in [5, 5.41) is 0.